The Hall–Kier alpha value is -4.01. The first kappa shape index (κ1) is 30.4. The Labute approximate surface area is 254 Å². The van der Waals surface area contributed by atoms with Gasteiger partial charge in [-0.2, -0.15) is 4.58 Å². The zero-order valence-electron chi connectivity index (χ0n) is 25.1. The van der Waals surface area contributed by atoms with Crippen LogP contribution in [0.2, 0.25) is 0 Å². The summed E-state index contributed by atoms with van der Waals surface area (Å²) in [4.78, 5) is 13.0. The van der Waals surface area contributed by atoms with Crippen LogP contribution in [0.1, 0.15) is 64.5 Å². The number of aliphatic carboxylic acids is 1. The molecule has 2 aliphatic rings. The van der Waals surface area contributed by atoms with Crippen LogP contribution in [0.5, 0.6) is 0 Å². The Morgan fingerprint density at radius 2 is 1.60 bits per heavy atom. The van der Waals surface area contributed by atoms with Crippen molar-refractivity contribution in [1.29, 1.82) is 0 Å². The zero-order chi connectivity index (χ0) is 31.0. The SMILES string of the molecule is CC1(C)C(=CC=CC2=[N+](CCCCCC(=O)O)c3ccc(S(=O)(=O)[O-])cc3C2(C)C)N(c2ccccc2)c2ccccc21. The van der Waals surface area contributed by atoms with E-state index in [4.69, 9.17) is 5.11 Å². The lowest BCUT2D eigenvalue weighted by atomic mass is 9.81. The van der Waals surface area contributed by atoms with E-state index in [1.807, 2.05) is 32.0 Å². The number of rotatable bonds is 10. The van der Waals surface area contributed by atoms with Crippen LogP contribution in [0.25, 0.3) is 0 Å². The molecule has 8 heteroatoms. The quantitative estimate of drug-likeness (QED) is 0.151. The van der Waals surface area contributed by atoms with Gasteiger partial charge < -0.3 is 14.6 Å². The molecule has 43 heavy (non-hydrogen) atoms. The van der Waals surface area contributed by atoms with Crippen molar-refractivity contribution in [3.63, 3.8) is 0 Å². The van der Waals surface area contributed by atoms with Crippen LogP contribution in [0, 0.1) is 0 Å². The highest BCUT2D eigenvalue weighted by Crippen LogP contribution is 2.51. The molecule has 0 aromatic heterocycles. The van der Waals surface area contributed by atoms with Crippen molar-refractivity contribution < 1.29 is 27.4 Å². The minimum absolute atomic E-state index is 0.132. The molecule has 3 aromatic rings. The van der Waals surface area contributed by atoms with E-state index in [2.05, 4.69) is 77.9 Å². The first-order valence-electron chi connectivity index (χ1n) is 14.6. The molecule has 7 nitrogen and oxygen atoms in total. The van der Waals surface area contributed by atoms with Crippen LogP contribution < -0.4 is 4.90 Å². The molecule has 0 amide bonds. The molecule has 0 saturated carbocycles. The van der Waals surface area contributed by atoms with Gasteiger partial charge in [0.25, 0.3) is 0 Å². The van der Waals surface area contributed by atoms with Crippen molar-refractivity contribution in [2.45, 2.75) is 69.1 Å². The second-order valence-electron chi connectivity index (χ2n) is 12.2. The zero-order valence-corrected chi connectivity index (χ0v) is 25.9. The number of nitrogens with zero attached hydrogens (tertiary/aromatic N) is 2. The number of hydrogen-bond donors (Lipinski definition) is 1. The summed E-state index contributed by atoms with van der Waals surface area (Å²) >= 11 is 0. The topological polar surface area (TPSA) is 101 Å². The molecule has 0 unspecified atom stereocenters. The van der Waals surface area contributed by atoms with Gasteiger partial charge in [0.1, 0.15) is 16.7 Å². The summed E-state index contributed by atoms with van der Waals surface area (Å²) in [6, 6.07) is 23.3. The summed E-state index contributed by atoms with van der Waals surface area (Å²) in [6.07, 6.45) is 8.54. The largest absolute Gasteiger partial charge is 0.744 e. The maximum Gasteiger partial charge on any atom is 0.303 e. The normalized spacial score (nSPS) is 18.0. The number of hydrogen-bond acceptors (Lipinski definition) is 5. The molecule has 0 aliphatic carbocycles. The van der Waals surface area contributed by atoms with Gasteiger partial charge in [0.2, 0.25) is 5.69 Å². The van der Waals surface area contributed by atoms with Gasteiger partial charge in [0, 0.05) is 53.0 Å². The second-order valence-corrected chi connectivity index (χ2v) is 13.6. The summed E-state index contributed by atoms with van der Waals surface area (Å²) in [6.45, 7) is 9.17. The average Bonchev–Trinajstić information content (AvgIpc) is 3.31. The molecule has 2 heterocycles. The summed E-state index contributed by atoms with van der Waals surface area (Å²) in [7, 11) is -4.61. The highest BCUT2D eigenvalue weighted by molar-refractivity contribution is 7.85. The monoisotopic (exact) mass is 598 g/mol. The molecule has 0 fully saturated rings. The lowest BCUT2D eigenvalue weighted by molar-refractivity contribution is -0.438. The Balaban J connectivity index is 1.56. The van der Waals surface area contributed by atoms with Crippen LogP contribution in [0.4, 0.5) is 17.1 Å². The molecular weight excluding hydrogens is 560 g/mol. The highest BCUT2D eigenvalue weighted by atomic mass is 32.2. The van der Waals surface area contributed by atoms with E-state index in [0.717, 1.165) is 46.9 Å². The Morgan fingerprint density at radius 1 is 0.907 bits per heavy atom. The van der Waals surface area contributed by atoms with Gasteiger partial charge in [-0.15, -0.1) is 0 Å². The third kappa shape index (κ3) is 5.82. The minimum Gasteiger partial charge on any atom is -0.744 e. The van der Waals surface area contributed by atoms with E-state index in [1.54, 1.807) is 6.07 Å². The van der Waals surface area contributed by atoms with Crippen LogP contribution in [0.15, 0.2) is 102 Å². The van der Waals surface area contributed by atoms with Crippen molar-refractivity contribution in [3.05, 3.63) is 108 Å². The van der Waals surface area contributed by atoms with E-state index in [9.17, 15) is 17.8 Å². The van der Waals surface area contributed by atoms with E-state index in [0.29, 0.717) is 13.0 Å². The molecular formula is C35H38N2O5S. The summed E-state index contributed by atoms with van der Waals surface area (Å²) in [5, 5.41) is 9.02. The van der Waals surface area contributed by atoms with Gasteiger partial charge in [-0.3, -0.25) is 4.79 Å². The van der Waals surface area contributed by atoms with Gasteiger partial charge in [0.05, 0.1) is 10.3 Å². The molecule has 0 radical (unpaired) electrons. The van der Waals surface area contributed by atoms with Crippen molar-refractivity contribution >= 4 is 38.9 Å². The molecule has 2 aliphatic heterocycles. The van der Waals surface area contributed by atoms with Crippen LogP contribution >= 0.6 is 0 Å². The standard InChI is InChI=1S/C35H38N2O5S/c1-34(2)27-16-10-11-17-30(27)37(25-14-7-5-8-15-25)32(34)19-13-18-31-35(3,4)28-24-26(43(40,41)42)21-22-29(28)36(31)23-12-6-9-20-33(38)39/h5,7-8,10-11,13-19,21-22,24H,6,9,12,20,23H2,1-4H3,(H-,38,39,40,41,42). The Bertz CT molecular complexity index is 1750. The number of carboxylic acid groups (broad SMARTS) is 1. The number of fused-ring (bicyclic) bond motifs is 2. The van der Waals surface area contributed by atoms with Gasteiger partial charge >= 0.3 is 5.97 Å². The molecule has 224 valence electrons. The minimum atomic E-state index is -4.61. The van der Waals surface area contributed by atoms with Gasteiger partial charge in [-0.1, -0.05) is 56.3 Å². The molecule has 3 aromatic carbocycles. The number of carbonyl (C=O) groups is 1. The van der Waals surface area contributed by atoms with Crippen molar-refractivity contribution in [2.24, 2.45) is 0 Å². The predicted octanol–water partition coefficient (Wildman–Crippen LogP) is 7.18. The maximum absolute atomic E-state index is 11.9. The number of anilines is 2. The van der Waals surface area contributed by atoms with Crippen molar-refractivity contribution in [2.75, 3.05) is 11.4 Å². The van der Waals surface area contributed by atoms with E-state index in [-0.39, 0.29) is 16.7 Å². The fourth-order valence-corrected chi connectivity index (χ4v) is 6.88. The van der Waals surface area contributed by atoms with Gasteiger partial charge in [-0.05, 0) is 68.7 Å². The fourth-order valence-electron chi connectivity index (χ4n) is 6.39. The number of allylic oxidation sites excluding steroid dienone is 4. The highest BCUT2D eigenvalue weighted by Gasteiger charge is 2.45. The van der Waals surface area contributed by atoms with Crippen LogP contribution in [0.3, 0.4) is 0 Å². The summed E-state index contributed by atoms with van der Waals surface area (Å²) in [5.74, 6) is -0.802. The summed E-state index contributed by atoms with van der Waals surface area (Å²) < 4.78 is 37.8. The molecule has 0 bridgehead atoms. The number of carboxylic acids is 1. The van der Waals surface area contributed by atoms with Gasteiger partial charge in [0.15, 0.2) is 5.71 Å². The van der Waals surface area contributed by atoms with Crippen molar-refractivity contribution in [3.8, 4) is 0 Å². The van der Waals surface area contributed by atoms with Crippen LogP contribution in [-0.2, 0) is 25.7 Å². The molecule has 1 N–H and O–H groups in total. The number of para-hydroxylation sites is 2. The summed E-state index contributed by atoms with van der Waals surface area (Å²) in [5.41, 5.74) is 6.40. The first-order valence-corrected chi connectivity index (χ1v) is 16.0. The average molecular weight is 599 g/mol. The molecule has 0 spiro atoms. The van der Waals surface area contributed by atoms with Crippen molar-refractivity contribution in [1.82, 2.24) is 0 Å². The Kier molecular flexibility index (Phi) is 8.20. The van der Waals surface area contributed by atoms with E-state index < -0.39 is 21.5 Å². The second kappa shape index (κ2) is 11.6. The van der Waals surface area contributed by atoms with Crippen LogP contribution in [-0.4, -0.2) is 40.9 Å². The Morgan fingerprint density at radius 3 is 2.30 bits per heavy atom. The van der Waals surface area contributed by atoms with E-state index in [1.165, 1.54) is 17.7 Å². The smallest absolute Gasteiger partial charge is 0.303 e. The maximum atomic E-state index is 11.9. The fraction of sp³-hybridized carbons (Fsp3) is 0.314. The molecule has 0 saturated heterocycles. The lowest BCUT2D eigenvalue weighted by Gasteiger charge is -2.27. The third-order valence-corrected chi connectivity index (χ3v) is 9.48. The molecule has 0 atom stereocenters. The predicted molar refractivity (Wildman–Crippen MR) is 169 cm³/mol. The number of unbranched alkanes of at least 4 members (excludes halogenated alkanes) is 2. The van der Waals surface area contributed by atoms with Gasteiger partial charge in [-0.25, -0.2) is 8.42 Å². The third-order valence-electron chi connectivity index (χ3n) is 8.65. The molecule has 5 rings (SSSR count). The van der Waals surface area contributed by atoms with E-state index >= 15 is 0 Å². The first-order chi connectivity index (χ1) is 20.3. The number of benzene rings is 3. The lowest BCUT2D eigenvalue weighted by Crippen LogP contribution is -2.28.